The molecule has 0 aliphatic carbocycles. The highest BCUT2D eigenvalue weighted by Crippen LogP contribution is 2.22. The Morgan fingerprint density at radius 1 is 1.53 bits per heavy atom. The number of aromatic nitrogens is 6. The lowest BCUT2D eigenvalue weighted by molar-refractivity contribution is 0.664. The number of hydrazine groups is 1. The van der Waals surface area contributed by atoms with E-state index in [1.807, 2.05) is 0 Å². The molecular formula is C6H8N8S. The summed E-state index contributed by atoms with van der Waals surface area (Å²) in [6, 6.07) is 1.75. The summed E-state index contributed by atoms with van der Waals surface area (Å²) in [7, 11) is 1.76. The molecule has 0 amide bonds. The van der Waals surface area contributed by atoms with Crippen LogP contribution in [-0.2, 0) is 7.05 Å². The molecule has 15 heavy (non-hydrogen) atoms. The van der Waals surface area contributed by atoms with E-state index >= 15 is 0 Å². The summed E-state index contributed by atoms with van der Waals surface area (Å²) in [5.41, 5.74) is 2.37. The third-order valence-corrected chi connectivity index (χ3v) is 2.50. The van der Waals surface area contributed by atoms with Crippen LogP contribution in [0.2, 0.25) is 0 Å². The number of anilines is 1. The fourth-order valence-electron chi connectivity index (χ4n) is 0.870. The number of nitrogens with two attached hydrogens (primary N) is 1. The van der Waals surface area contributed by atoms with E-state index in [4.69, 9.17) is 5.84 Å². The quantitative estimate of drug-likeness (QED) is 0.405. The van der Waals surface area contributed by atoms with Crippen LogP contribution >= 0.6 is 11.8 Å². The van der Waals surface area contributed by atoms with E-state index in [0.29, 0.717) is 11.1 Å². The first-order valence-corrected chi connectivity index (χ1v) is 4.81. The number of aryl methyl sites for hydroxylation is 1. The highest BCUT2D eigenvalue weighted by Gasteiger charge is 2.06. The van der Waals surface area contributed by atoms with Gasteiger partial charge in [-0.2, -0.15) is 0 Å². The fourth-order valence-corrected chi connectivity index (χ4v) is 1.56. The van der Waals surface area contributed by atoms with E-state index in [1.165, 1.54) is 11.8 Å². The third-order valence-electron chi connectivity index (χ3n) is 1.54. The van der Waals surface area contributed by atoms with Crippen molar-refractivity contribution in [2.24, 2.45) is 12.9 Å². The van der Waals surface area contributed by atoms with Crippen molar-refractivity contribution in [3.63, 3.8) is 0 Å². The molecule has 0 aliphatic heterocycles. The Labute approximate surface area is 89.3 Å². The Kier molecular flexibility index (Phi) is 2.74. The summed E-state index contributed by atoms with van der Waals surface area (Å²) >= 11 is 1.33. The molecule has 0 saturated carbocycles. The Bertz CT molecular complexity index is 454. The molecule has 0 aromatic carbocycles. The van der Waals surface area contributed by atoms with Gasteiger partial charge in [-0.15, -0.1) is 5.10 Å². The van der Waals surface area contributed by atoms with Gasteiger partial charge in [-0.3, -0.25) is 5.43 Å². The molecule has 0 aliphatic rings. The van der Waals surface area contributed by atoms with Crippen molar-refractivity contribution < 1.29 is 0 Å². The van der Waals surface area contributed by atoms with E-state index in [2.05, 4.69) is 30.9 Å². The van der Waals surface area contributed by atoms with Crippen molar-refractivity contribution in [3.05, 3.63) is 12.3 Å². The summed E-state index contributed by atoms with van der Waals surface area (Å²) in [4.78, 5) is 8.00. The second-order valence-electron chi connectivity index (χ2n) is 2.55. The van der Waals surface area contributed by atoms with Gasteiger partial charge in [0.1, 0.15) is 5.03 Å². The third kappa shape index (κ3) is 2.19. The highest BCUT2D eigenvalue weighted by atomic mass is 32.2. The lowest BCUT2D eigenvalue weighted by Gasteiger charge is -2.00. The van der Waals surface area contributed by atoms with Gasteiger partial charge in [-0.25, -0.2) is 20.5 Å². The van der Waals surface area contributed by atoms with Crippen molar-refractivity contribution in [2.45, 2.75) is 10.2 Å². The number of hydrogen-bond donors (Lipinski definition) is 2. The maximum Gasteiger partial charge on any atom is 0.238 e. The summed E-state index contributed by atoms with van der Waals surface area (Å²) in [5, 5.41) is 12.4. The molecule has 0 fully saturated rings. The number of rotatable bonds is 3. The highest BCUT2D eigenvalue weighted by molar-refractivity contribution is 7.99. The number of nitrogens with one attached hydrogen (secondary N) is 1. The number of tetrazole rings is 1. The van der Waals surface area contributed by atoms with Crippen molar-refractivity contribution >= 4 is 17.7 Å². The number of hydrogen-bond acceptors (Lipinski definition) is 8. The predicted molar refractivity (Wildman–Crippen MR) is 52.8 cm³/mol. The van der Waals surface area contributed by atoms with Crippen molar-refractivity contribution in [1.29, 1.82) is 0 Å². The van der Waals surface area contributed by atoms with Gasteiger partial charge in [0.05, 0.1) is 0 Å². The first-order valence-electron chi connectivity index (χ1n) is 3.99. The summed E-state index contributed by atoms with van der Waals surface area (Å²) in [6.07, 6.45) is 1.61. The Balaban J connectivity index is 2.21. The van der Waals surface area contributed by atoms with Crippen molar-refractivity contribution in [1.82, 2.24) is 30.2 Å². The molecule has 0 spiro atoms. The molecule has 8 nitrogen and oxygen atoms in total. The van der Waals surface area contributed by atoms with E-state index < -0.39 is 0 Å². The maximum absolute atomic E-state index is 5.19. The average molecular weight is 224 g/mol. The average Bonchev–Trinajstić information content (AvgIpc) is 2.65. The van der Waals surface area contributed by atoms with Crippen molar-refractivity contribution in [2.75, 3.05) is 5.43 Å². The summed E-state index contributed by atoms with van der Waals surface area (Å²) in [6.45, 7) is 0. The predicted octanol–water partition coefficient (Wildman–Crippen LogP) is -0.563. The van der Waals surface area contributed by atoms with Gasteiger partial charge in [0.25, 0.3) is 0 Å². The van der Waals surface area contributed by atoms with Gasteiger partial charge >= 0.3 is 0 Å². The van der Waals surface area contributed by atoms with Gasteiger partial charge in [0.15, 0.2) is 0 Å². The molecule has 0 radical (unpaired) electrons. The van der Waals surface area contributed by atoms with E-state index in [0.717, 1.165) is 5.03 Å². The Hall–Kier alpha value is -1.74. The van der Waals surface area contributed by atoms with Crippen LogP contribution in [0.15, 0.2) is 22.4 Å². The molecule has 2 heterocycles. The van der Waals surface area contributed by atoms with E-state index in [-0.39, 0.29) is 0 Å². The van der Waals surface area contributed by atoms with Crippen molar-refractivity contribution in [3.8, 4) is 0 Å². The molecule has 0 unspecified atom stereocenters. The van der Waals surface area contributed by atoms with E-state index in [9.17, 15) is 0 Å². The topological polar surface area (TPSA) is 107 Å². The molecule has 0 saturated heterocycles. The van der Waals surface area contributed by atoms with Gasteiger partial charge in [0.2, 0.25) is 11.1 Å². The molecule has 9 heteroatoms. The Morgan fingerprint density at radius 2 is 2.40 bits per heavy atom. The molecule has 2 aromatic rings. The summed E-state index contributed by atoms with van der Waals surface area (Å²) < 4.78 is 1.56. The maximum atomic E-state index is 5.19. The minimum absolute atomic E-state index is 0.357. The van der Waals surface area contributed by atoms with Gasteiger partial charge in [-0.1, -0.05) is 0 Å². The monoisotopic (exact) mass is 224 g/mol. The van der Waals surface area contributed by atoms with Crippen LogP contribution in [0.25, 0.3) is 0 Å². The van der Waals surface area contributed by atoms with Gasteiger partial charge < -0.3 is 0 Å². The molecular weight excluding hydrogens is 216 g/mol. The van der Waals surface area contributed by atoms with E-state index in [1.54, 1.807) is 24.0 Å². The normalized spacial score (nSPS) is 10.3. The SMILES string of the molecule is Cn1nnnc1Sc1ccnc(NN)n1. The molecule has 2 rings (SSSR count). The standard InChI is InChI=1S/C6H8N8S/c1-14-6(11-12-13-14)15-4-2-3-8-5(9-4)10-7/h2-3H,7H2,1H3,(H,8,9,10). The second-order valence-corrected chi connectivity index (χ2v) is 3.54. The lowest BCUT2D eigenvalue weighted by atomic mass is 10.7. The van der Waals surface area contributed by atoms with Crippen LogP contribution in [0.3, 0.4) is 0 Å². The van der Waals surface area contributed by atoms with Crippen LogP contribution in [0, 0.1) is 0 Å². The molecule has 3 N–H and O–H groups in total. The van der Waals surface area contributed by atoms with Crippen LogP contribution in [0.4, 0.5) is 5.95 Å². The van der Waals surface area contributed by atoms with Crippen LogP contribution in [0.1, 0.15) is 0 Å². The fraction of sp³-hybridized carbons (Fsp3) is 0.167. The smallest absolute Gasteiger partial charge is 0.238 e. The second kappa shape index (κ2) is 4.19. The molecule has 2 aromatic heterocycles. The zero-order valence-electron chi connectivity index (χ0n) is 7.82. The summed E-state index contributed by atoms with van der Waals surface area (Å²) in [5.74, 6) is 5.55. The number of nitrogen functional groups attached to an aromatic ring is 1. The molecule has 78 valence electrons. The van der Waals surface area contributed by atoms with Gasteiger partial charge in [-0.05, 0) is 28.3 Å². The molecule has 0 atom stereocenters. The minimum Gasteiger partial charge on any atom is -0.292 e. The lowest BCUT2D eigenvalue weighted by Crippen LogP contribution is -2.10. The minimum atomic E-state index is 0.357. The van der Waals surface area contributed by atoms with Crippen LogP contribution in [0.5, 0.6) is 0 Å². The van der Waals surface area contributed by atoms with Crippen LogP contribution in [-0.4, -0.2) is 30.2 Å². The first-order chi connectivity index (χ1) is 7.29. The first kappa shape index (κ1) is 9.80. The zero-order chi connectivity index (χ0) is 10.7. The Morgan fingerprint density at radius 3 is 3.07 bits per heavy atom. The largest absolute Gasteiger partial charge is 0.292 e. The van der Waals surface area contributed by atoms with Crippen LogP contribution < -0.4 is 11.3 Å². The zero-order valence-corrected chi connectivity index (χ0v) is 8.64. The molecule has 0 bridgehead atoms. The van der Waals surface area contributed by atoms with Gasteiger partial charge in [0, 0.05) is 13.2 Å². The number of nitrogens with zero attached hydrogens (tertiary/aromatic N) is 6.